The minimum atomic E-state index is -1.40. The van der Waals surface area contributed by atoms with Crippen LogP contribution in [-0.2, 0) is 9.53 Å². The Labute approximate surface area is 102 Å². The van der Waals surface area contributed by atoms with Gasteiger partial charge in [-0.1, -0.05) is 0 Å². The standard InChI is InChI=1S/C11H12N2O5/c14-8-3-7(4-12-5-8)9(15)13-11(10(16)17)1-2-18-6-11/h3-5,14H,1-2,6H2,(H,13,15)(H,16,17)/t11-/m0/s1. The topological polar surface area (TPSA) is 109 Å². The average molecular weight is 252 g/mol. The summed E-state index contributed by atoms with van der Waals surface area (Å²) in [6.45, 7) is 0.213. The molecule has 0 radical (unpaired) electrons. The summed E-state index contributed by atoms with van der Waals surface area (Å²) in [5.74, 6) is -1.90. The quantitative estimate of drug-likeness (QED) is 0.685. The molecule has 1 saturated heterocycles. The summed E-state index contributed by atoms with van der Waals surface area (Å²) >= 11 is 0. The Bertz CT molecular complexity index is 482. The van der Waals surface area contributed by atoms with Gasteiger partial charge in [-0.3, -0.25) is 9.78 Å². The fourth-order valence-electron chi connectivity index (χ4n) is 1.73. The number of hydrogen-bond acceptors (Lipinski definition) is 5. The number of nitrogens with one attached hydrogen (secondary N) is 1. The van der Waals surface area contributed by atoms with Crippen molar-refractivity contribution < 1.29 is 24.5 Å². The van der Waals surface area contributed by atoms with Crippen LogP contribution in [-0.4, -0.2) is 45.8 Å². The molecule has 0 unspecified atom stereocenters. The van der Waals surface area contributed by atoms with E-state index in [4.69, 9.17) is 9.84 Å². The molecule has 0 spiro atoms. The molecule has 1 aromatic heterocycles. The van der Waals surface area contributed by atoms with E-state index in [9.17, 15) is 14.7 Å². The molecule has 0 saturated carbocycles. The normalized spacial score (nSPS) is 22.7. The average Bonchev–Trinajstić information content (AvgIpc) is 2.79. The van der Waals surface area contributed by atoms with Gasteiger partial charge in [-0.2, -0.15) is 0 Å². The van der Waals surface area contributed by atoms with E-state index in [1.165, 1.54) is 18.5 Å². The molecule has 1 amide bonds. The van der Waals surface area contributed by atoms with Gasteiger partial charge in [-0.05, 0) is 6.07 Å². The van der Waals surface area contributed by atoms with Crippen LogP contribution in [0.15, 0.2) is 18.5 Å². The first kappa shape index (κ1) is 12.3. The van der Waals surface area contributed by atoms with Crippen molar-refractivity contribution in [1.82, 2.24) is 10.3 Å². The zero-order valence-corrected chi connectivity index (χ0v) is 9.42. The van der Waals surface area contributed by atoms with Crippen LogP contribution in [0.3, 0.4) is 0 Å². The highest BCUT2D eigenvalue weighted by molar-refractivity contribution is 5.98. The lowest BCUT2D eigenvalue weighted by Crippen LogP contribution is -2.55. The number of aromatic nitrogens is 1. The van der Waals surface area contributed by atoms with Crippen molar-refractivity contribution in [3.05, 3.63) is 24.0 Å². The van der Waals surface area contributed by atoms with Crippen LogP contribution in [0.25, 0.3) is 0 Å². The first-order valence-corrected chi connectivity index (χ1v) is 5.31. The van der Waals surface area contributed by atoms with E-state index >= 15 is 0 Å². The number of aromatic hydroxyl groups is 1. The number of pyridine rings is 1. The van der Waals surface area contributed by atoms with Crippen molar-refractivity contribution in [2.45, 2.75) is 12.0 Å². The highest BCUT2D eigenvalue weighted by Crippen LogP contribution is 2.20. The van der Waals surface area contributed by atoms with E-state index < -0.39 is 17.4 Å². The summed E-state index contributed by atoms with van der Waals surface area (Å²) in [5, 5.41) is 20.8. The molecule has 7 nitrogen and oxygen atoms in total. The molecule has 7 heteroatoms. The molecular formula is C11H12N2O5. The minimum Gasteiger partial charge on any atom is -0.506 e. The van der Waals surface area contributed by atoms with Crippen LogP contribution in [0.2, 0.25) is 0 Å². The molecule has 18 heavy (non-hydrogen) atoms. The third-order valence-electron chi connectivity index (χ3n) is 2.77. The summed E-state index contributed by atoms with van der Waals surface area (Å²) in [5.41, 5.74) is -1.30. The van der Waals surface area contributed by atoms with Gasteiger partial charge in [0, 0.05) is 19.2 Å². The molecule has 2 rings (SSSR count). The van der Waals surface area contributed by atoms with Crippen molar-refractivity contribution >= 4 is 11.9 Å². The smallest absolute Gasteiger partial charge is 0.331 e. The number of carboxylic acid groups (broad SMARTS) is 1. The van der Waals surface area contributed by atoms with Gasteiger partial charge < -0.3 is 20.3 Å². The monoisotopic (exact) mass is 252 g/mol. The molecule has 1 aromatic rings. The number of ether oxygens (including phenoxy) is 1. The van der Waals surface area contributed by atoms with Crippen LogP contribution in [0.4, 0.5) is 0 Å². The van der Waals surface area contributed by atoms with Gasteiger partial charge in [0.2, 0.25) is 0 Å². The third-order valence-corrected chi connectivity index (χ3v) is 2.77. The molecule has 1 aliphatic heterocycles. The summed E-state index contributed by atoms with van der Waals surface area (Å²) in [4.78, 5) is 26.7. The SMILES string of the molecule is O=C(N[C@@]1(C(=O)O)CCOC1)c1cncc(O)c1. The lowest BCUT2D eigenvalue weighted by Gasteiger charge is -2.23. The van der Waals surface area contributed by atoms with Crippen LogP contribution in [0, 0.1) is 0 Å². The van der Waals surface area contributed by atoms with Crippen molar-refractivity contribution in [3.63, 3.8) is 0 Å². The molecule has 1 atom stereocenters. The maximum atomic E-state index is 11.9. The molecule has 0 aliphatic carbocycles. The molecule has 1 aliphatic rings. The van der Waals surface area contributed by atoms with Crippen molar-refractivity contribution in [1.29, 1.82) is 0 Å². The highest BCUT2D eigenvalue weighted by Gasteiger charge is 2.44. The lowest BCUT2D eigenvalue weighted by molar-refractivity contribution is -0.144. The van der Waals surface area contributed by atoms with E-state index in [2.05, 4.69) is 10.3 Å². The number of carbonyl (C=O) groups is 2. The second-order valence-electron chi connectivity index (χ2n) is 4.08. The second kappa shape index (κ2) is 4.61. The van der Waals surface area contributed by atoms with Gasteiger partial charge in [-0.15, -0.1) is 0 Å². The van der Waals surface area contributed by atoms with Crippen molar-refractivity contribution in [2.24, 2.45) is 0 Å². The zero-order valence-electron chi connectivity index (χ0n) is 9.42. The largest absolute Gasteiger partial charge is 0.506 e. The number of aliphatic carboxylic acids is 1. The van der Waals surface area contributed by atoms with E-state index in [-0.39, 0.29) is 30.9 Å². The first-order chi connectivity index (χ1) is 8.53. The molecule has 0 aromatic carbocycles. The predicted molar refractivity (Wildman–Crippen MR) is 59.2 cm³/mol. The number of amides is 1. The number of nitrogens with zero attached hydrogens (tertiary/aromatic N) is 1. The molecule has 0 bridgehead atoms. The fraction of sp³-hybridized carbons (Fsp3) is 0.364. The predicted octanol–water partition coefficient (Wildman–Crippen LogP) is -0.239. The van der Waals surface area contributed by atoms with Gasteiger partial charge in [0.1, 0.15) is 5.75 Å². The van der Waals surface area contributed by atoms with E-state index in [0.717, 1.165) is 0 Å². The molecule has 96 valence electrons. The molecule has 2 heterocycles. The number of carboxylic acids is 1. The Morgan fingerprint density at radius 1 is 1.44 bits per heavy atom. The number of carbonyl (C=O) groups excluding carboxylic acids is 1. The van der Waals surface area contributed by atoms with Crippen LogP contribution in [0.1, 0.15) is 16.8 Å². The van der Waals surface area contributed by atoms with E-state index in [0.29, 0.717) is 0 Å². The molecular weight excluding hydrogens is 240 g/mol. The van der Waals surface area contributed by atoms with Crippen molar-refractivity contribution in [2.75, 3.05) is 13.2 Å². The lowest BCUT2D eigenvalue weighted by atomic mass is 9.98. The number of hydrogen-bond donors (Lipinski definition) is 3. The third kappa shape index (κ3) is 2.25. The fourth-order valence-corrected chi connectivity index (χ4v) is 1.73. The second-order valence-corrected chi connectivity index (χ2v) is 4.08. The molecule has 3 N–H and O–H groups in total. The Kier molecular flexibility index (Phi) is 3.15. The summed E-state index contributed by atoms with van der Waals surface area (Å²) in [7, 11) is 0. The Morgan fingerprint density at radius 2 is 2.22 bits per heavy atom. The summed E-state index contributed by atoms with van der Waals surface area (Å²) in [6.07, 6.45) is 2.64. The zero-order chi connectivity index (χ0) is 13.2. The summed E-state index contributed by atoms with van der Waals surface area (Å²) in [6, 6.07) is 1.22. The molecule has 1 fully saturated rings. The van der Waals surface area contributed by atoms with E-state index in [1.54, 1.807) is 0 Å². The maximum absolute atomic E-state index is 11.9. The minimum absolute atomic E-state index is 0.0691. The maximum Gasteiger partial charge on any atom is 0.331 e. The summed E-state index contributed by atoms with van der Waals surface area (Å²) < 4.78 is 5.02. The van der Waals surface area contributed by atoms with Gasteiger partial charge in [0.25, 0.3) is 5.91 Å². The van der Waals surface area contributed by atoms with Crippen LogP contribution >= 0.6 is 0 Å². The van der Waals surface area contributed by atoms with Gasteiger partial charge in [0.15, 0.2) is 5.54 Å². The number of rotatable bonds is 3. The van der Waals surface area contributed by atoms with Crippen molar-refractivity contribution in [3.8, 4) is 5.75 Å². The van der Waals surface area contributed by atoms with E-state index in [1.807, 2.05) is 0 Å². The van der Waals surface area contributed by atoms with Gasteiger partial charge in [-0.25, -0.2) is 4.79 Å². The van der Waals surface area contributed by atoms with Gasteiger partial charge in [0.05, 0.1) is 18.4 Å². The van der Waals surface area contributed by atoms with Crippen LogP contribution < -0.4 is 5.32 Å². The highest BCUT2D eigenvalue weighted by atomic mass is 16.5. The van der Waals surface area contributed by atoms with Crippen LogP contribution in [0.5, 0.6) is 5.75 Å². The first-order valence-electron chi connectivity index (χ1n) is 5.31. The van der Waals surface area contributed by atoms with Gasteiger partial charge >= 0.3 is 5.97 Å². The Balaban J connectivity index is 2.18. The Hall–Kier alpha value is -2.15. The Morgan fingerprint density at radius 3 is 2.78 bits per heavy atom.